The summed E-state index contributed by atoms with van der Waals surface area (Å²) in [4.78, 5) is 0. The summed E-state index contributed by atoms with van der Waals surface area (Å²) in [5, 5.41) is 3.55. The van der Waals surface area contributed by atoms with Gasteiger partial charge in [-0.2, -0.15) is 4.57 Å². The van der Waals surface area contributed by atoms with E-state index in [1.54, 1.807) is 0 Å². The molecule has 0 aliphatic heterocycles. The number of hydrogen-bond acceptors (Lipinski definition) is 2. The molecule has 1 unspecified atom stereocenters. The largest absolute Gasteiger partial charge is 0.456 e. The summed E-state index contributed by atoms with van der Waals surface area (Å²) >= 11 is 0. The van der Waals surface area contributed by atoms with Gasteiger partial charge in [0, 0.05) is 17.7 Å². The Morgan fingerprint density at radius 2 is 1.38 bits per heavy atom. The summed E-state index contributed by atoms with van der Waals surface area (Å²) in [5.41, 5.74) is 6.78. The van der Waals surface area contributed by atoms with E-state index < -0.39 is 0 Å². The molecule has 6 bridgehead atoms. The van der Waals surface area contributed by atoms with Crippen LogP contribution in [-0.2, 0) is 7.05 Å². The fourth-order valence-electron chi connectivity index (χ4n) is 4.12. The molecule has 0 aliphatic carbocycles. The van der Waals surface area contributed by atoms with Crippen molar-refractivity contribution in [1.29, 1.82) is 0 Å². The van der Waals surface area contributed by atoms with Crippen molar-refractivity contribution in [2.24, 2.45) is 7.05 Å². The highest BCUT2D eigenvalue weighted by atomic mass is 31.0. The molecule has 0 aliphatic rings. The van der Waals surface area contributed by atoms with Crippen LogP contribution in [0.4, 0.5) is 0 Å². The van der Waals surface area contributed by atoms with E-state index in [0.717, 1.165) is 44.6 Å². The number of rotatable bonds is 0. The summed E-state index contributed by atoms with van der Waals surface area (Å²) in [6.45, 7) is 2.12. The van der Waals surface area contributed by atoms with Gasteiger partial charge in [-0.15, -0.1) is 4.16 Å². The van der Waals surface area contributed by atoms with Gasteiger partial charge in [-0.25, -0.2) is 0 Å². The average Bonchev–Trinajstić information content (AvgIpc) is 3.12. The van der Waals surface area contributed by atoms with Crippen LogP contribution in [0.2, 0.25) is 0 Å². The van der Waals surface area contributed by atoms with Gasteiger partial charge in [-0.1, -0.05) is 12.1 Å². The van der Waals surface area contributed by atoms with Crippen molar-refractivity contribution < 1.29 is 17.6 Å². The smallest absolute Gasteiger partial charge is 0.384 e. The van der Waals surface area contributed by atoms with Crippen molar-refractivity contribution in [2.45, 2.75) is 6.92 Å². The fraction of sp³-hybridized carbons (Fsp3) is 0.0833. The van der Waals surface area contributed by atoms with E-state index in [4.69, 9.17) is 8.83 Å². The molecule has 29 heavy (non-hydrogen) atoms. The molecule has 0 saturated heterocycles. The third kappa shape index (κ3) is 2.39. The van der Waals surface area contributed by atoms with Gasteiger partial charge in [0.15, 0.2) is 0 Å². The van der Waals surface area contributed by atoms with Gasteiger partial charge in [0.05, 0.1) is 22.9 Å². The topological polar surface area (TPSA) is 34.3 Å². The van der Waals surface area contributed by atoms with Gasteiger partial charge in [0.2, 0.25) is 11.0 Å². The molecule has 4 nitrogen and oxygen atoms in total. The fourth-order valence-corrected chi connectivity index (χ4v) is 5.46. The molecule has 0 amide bonds. The molecule has 0 spiro atoms. The second kappa shape index (κ2) is 6.07. The number of pyridine rings is 2. The molecule has 6 rings (SSSR count). The molecule has 6 aromatic rings. The number of nitrogens with zero attached hydrogens (tertiary/aromatic N) is 2. The Morgan fingerprint density at radius 3 is 2.24 bits per heavy atom. The number of fused-ring (bicyclic) bond motifs is 6. The first-order chi connectivity index (χ1) is 14.2. The van der Waals surface area contributed by atoms with Crippen LogP contribution < -0.4 is 8.73 Å². The van der Waals surface area contributed by atoms with Crippen molar-refractivity contribution in [3.05, 3.63) is 78.4 Å². The van der Waals surface area contributed by atoms with E-state index in [-0.39, 0.29) is 0 Å². The zero-order valence-electron chi connectivity index (χ0n) is 16.1. The van der Waals surface area contributed by atoms with Gasteiger partial charge in [0.1, 0.15) is 31.7 Å². The summed E-state index contributed by atoms with van der Waals surface area (Å²) in [5.74, 6) is 0. The SMILES string of the molecule is Cc1c2cccc1c1cccc(oc3cccc4c5cccc(o2)c5[pH][n+]34)[n+]1C. The van der Waals surface area contributed by atoms with E-state index in [0.29, 0.717) is 8.35 Å². The van der Waals surface area contributed by atoms with Crippen LogP contribution in [0.15, 0.2) is 81.6 Å². The van der Waals surface area contributed by atoms with Crippen LogP contribution >= 0.6 is 8.35 Å². The van der Waals surface area contributed by atoms with E-state index in [9.17, 15) is 0 Å². The molecule has 2 aromatic carbocycles. The van der Waals surface area contributed by atoms with Crippen molar-refractivity contribution >= 4 is 57.9 Å². The van der Waals surface area contributed by atoms with Gasteiger partial charge in [-0.3, -0.25) is 0 Å². The lowest BCUT2D eigenvalue weighted by atomic mass is 10.1. The molecule has 4 heterocycles. The standard InChI is InChI=1S/C24H19N2O2P/c1-15-16-7-3-11-20(15)27-21-12-4-8-17-19-10-6-14-23(26(19)29-24(17)21)28-22-13-5-9-18(16)25(22)2/h3-14,29H,1-2H3/q+2. The summed E-state index contributed by atoms with van der Waals surface area (Å²) in [6.07, 6.45) is 0. The van der Waals surface area contributed by atoms with E-state index >= 15 is 0 Å². The minimum Gasteiger partial charge on any atom is -0.456 e. The maximum absolute atomic E-state index is 6.49. The maximum Gasteiger partial charge on any atom is 0.384 e. The molecule has 1 atom stereocenters. The van der Waals surface area contributed by atoms with Crippen LogP contribution in [0.25, 0.3) is 49.5 Å². The van der Waals surface area contributed by atoms with Crippen LogP contribution in [0.3, 0.4) is 0 Å². The zero-order chi connectivity index (χ0) is 19.5. The Balaban J connectivity index is 2.02. The molecule has 4 aromatic heterocycles. The van der Waals surface area contributed by atoms with Crippen LogP contribution in [-0.4, -0.2) is 0 Å². The van der Waals surface area contributed by atoms with Crippen LogP contribution in [0.1, 0.15) is 5.56 Å². The molecular weight excluding hydrogens is 379 g/mol. The van der Waals surface area contributed by atoms with Gasteiger partial charge in [0.25, 0.3) is 0 Å². The van der Waals surface area contributed by atoms with Gasteiger partial charge >= 0.3 is 11.4 Å². The Kier molecular flexibility index (Phi) is 3.47. The second-order valence-electron chi connectivity index (χ2n) is 7.32. The number of aryl methyl sites for hydroxylation is 2. The van der Waals surface area contributed by atoms with Gasteiger partial charge in [-0.05, 0) is 43.3 Å². The lowest BCUT2D eigenvalue weighted by molar-refractivity contribution is -0.626. The van der Waals surface area contributed by atoms with Gasteiger partial charge < -0.3 is 8.83 Å². The lowest BCUT2D eigenvalue weighted by Crippen LogP contribution is -2.29. The first kappa shape index (κ1) is 16.6. The number of benzene rings is 2. The molecular formula is C24H19N2O2P+2. The third-order valence-corrected chi connectivity index (χ3v) is 7.08. The molecule has 0 N–H and O–H groups in total. The molecule has 140 valence electrons. The molecule has 5 heteroatoms. The number of aromatic nitrogens is 2. The quantitative estimate of drug-likeness (QED) is 0.316. The van der Waals surface area contributed by atoms with E-state index in [1.165, 1.54) is 10.5 Å². The third-order valence-electron chi connectivity index (χ3n) is 5.65. The van der Waals surface area contributed by atoms with Crippen molar-refractivity contribution in [1.82, 2.24) is 0 Å². The van der Waals surface area contributed by atoms with Crippen molar-refractivity contribution in [3.63, 3.8) is 0 Å². The van der Waals surface area contributed by atoms with E-state index in [2.05, 4.69) is 64.2 Å². The highest BCUT2D eigenvalue weighted by Crippen LogP contribution is 2.31. The summed E-state index contributed by atoms with van der Waals surface area (Å²) in [6, 6.07) is 24.9. The highest BCUT2D eigenvalue weighted by Gasteiger charge is 2.18. The first-order valence-electron chi connectivity index (χ1n) is 9.61. The Hall–Kier alpha value is -3.36. The predicted octanol–water partition coefficient (Wildman–Crippen LogP) is 5.51. The molecule has 0 radical (unpaired) electrons. The Bertz CT molecular complexity index is 1520. The normalized spacial score (nSPS) is 12.1. The van der Waals surface area contributed by atoms with Crippen molar-refractivity contribution in [3.8, 4) is 0 Å². The second-order valence-corrected chi connectivity index (χ2v) is 8.49. The van der Waals surface area contributed by atoms with Crippen molar-refractivity contribution in [2.75, 3.05) is 0 Å². The lowest BCUT2D eigenvalue weighted by Gasteiger charge is -2.00. The predicted molar refractivity (Wildman–Crippen MR) is 117 cm³/mol. The number of hydrogen-bond donors (Lipinski definition) is 0. The Morgan fingerprint density at radius 1 is 0.690 bits per heavy atom. The van der Waals surface area contributed by atoms with Crippen LogP contribution in [0.5, 0.6) is 0 Å². The average molecular weight is 398 g/mol. The minimum atomic E-state index is 0.416. The Labute approximate surface area is 168 Å². The maximum atomic E-state index is 6.49. The highest BCUT2D eigenvalue weighted by molar-refractivity contribution is 7.30. The molecule has 0 fully saturated rings. The monoisotopic (exact) mass is 398 g/mol. The summed E-state index contributed by atoms with van der Waals surface area (Å²) in [7, 11) is 2.46. The summed E-state index contributed by atoms with van der Waals surface area (Å²) < 4.78 is 17.3. The minimum absolute atomic E-state index is 0.416. The van der Waals surface area contributed by atoms with Crippen LogP contribution in [0, 0.1) is 6.92 Å². The van der Waals surface area contributed by atoms with E-state index in [1.807, 2.05) is 31.3 Å². The molecule has 0 saturated carbocycles. The first-order valence-corrected chi connectivity index (χ1v) is 10.6. The zero-order valence-corrected chi connectivity index (χ0v) is 17.1.